The molecule has 0 aromatic heterocycles. The van der Waals surface area contributed by atoms with Crippen LogP contribution in [0.3, 0.4) is 0 Å². The summed E-state index contributed by atoms with van der Waals surface area (Å²) in [4.78, 5) is 12.1. The molecule has 1 aliphatic heterocycles. The molecule has 2 aromatic carbocycles. The van der Waals surface area contributed by atoms with Crippen LogP contribution in [-0.4, -0.2) is 26.3 Å². The molecule has 4 heteroatoms. The summed E-state index contributed by atoms with van der Waals surface area (Å²) in [6.07, 6.45) is 0.567. The topological polar surface area (TPSA) is 44.8 Å². The molecular formula is C16H16O4. The van der Waals surface area contributed by atoms with Crippen LogP contribution in [-0.2, 0) is 11.2 Å². The van der Waals surface area contributed by atoms with Crippen molar-refractivity contribution in [3.63, 3.8) is 0 Å². The van der Waals surface area contributed by atoms with Gasteiger partial charge in [-0.25, -0.2) is 4.79 Å². The maximum atomic E-state index is 12.1. The Balaban J connectivity index is 2.38. The number of rotatable bonds is 2. The first-order chi connectivity index (χ1) is 9.65. The summed E-state index contributed by atoms with van der Waals surface area (Å²) in [6.45, 7) is 1.89. The third kappa shape index (κ3) is 1.80. The van der Waals surface area contributed by atoms with E-state index in [0.29, 0.717) is 17.7 Å². The molecule has 1 unspecified atom stereocenters. The number of esters is 1. The highest BCUT2D eigenvalue weighted by Gasteiger charge is 2.29. The van der Waals surface area contributed by atoms with E-state index in [-0.39, 0.29) is 12.1 Å². The number of methoxy groups -OCH3 is 2. The Morgan fingerprint density at radius 1 is 1.20 bits per heavy atom. The average molecular weight is 272 g/mol. The Kier molecular flexibility index (Phi) is 3.01. The molecule has 0 spiro atoms. The zero-order valence-electron chi connectivity index (χ0n) is 11.7. The van der Waals surface area contributed by atoms with E-state index in [2.05, 4.69) is 0 Å². The number of carbonyl (C=O) groups is 1. The third-order valence-electron chi connectivity index (χ3n) is 3.62. The lowest BCUT2D eigenvalue weighted by Gasteiger charge is -2.24. The van der Waals surface area contributed by atoms with Gasteiger partial charge in [-0.3, -0.25) is 0 Å². The maximum absolute atomic E-state index is 12.1. The normalized spacial score (nSPS) is 17.6. The third-order valence-corrected chi connectivity index (χ3v) is 3.62. The molecule has 0 bridgehead atoms. The van der Waals surface area contributed by atoms with Gasteiger partial charge in [-0.05, 0) is 24.6 Å². The van der Waals surface area contributed by atoms with Crippen LogP contribution in [0.2, 0.25) is 0 Å². The van der Waals surface area contributed by atoms with Gasteiger partial charge in [0.15, 0.2) is 0 Å². The zero-order valence-corrected chi connectivity index (χ0v) is 11.7. The number of benzene rings is 2. The molecule has 0 fully saturated rings. The van der Waals surface area contributed by atoms with E-state index in [1.165, 1.54) is 0 Å². The minimum absolute atomic E-state index is 0.119. The second kappa shape index (κ2) is 4.71. The fourth-order valence-corrected chi connectivity index (χ4v) is 2.79. The molecule has 104 valence electrons. The van der Waals surface area contributed by atoms with Gasteiger partial charge in [-0.15, -0.1) is 0 Å². The first-order valence-corrected chi connectivity index (χ1v) is 6.53. The Bertz CT molecular complexity index is 690. The van der Waals surface area contributed by atoms with Crippen LogP contribution in [0.4, 0.5) is 0 Å². The van der Waals surface area contributed by atoms with Crippen molar-refractivity contribution >= 4 is 16.7 Å². The molecule has 0 aliphatic carbocycles. The fraction of sp³-hybridized carbons (Fsp3) is 0.312. The van der Waals surface area contributed by atoms with Gasteiger partial charge in [0.2, 0.25) is 0 Å². The largest absolute Gasteiger partial charge is 0.496 e. The van der Waals surface area contributed by atoms with Crippen LogP contribution in [0.5, 0.6) is 11.5 Å². The summed E-state index contributed by atoms with van der Waals surface area (Å²) in [5.41, 5.74) is 1.48. The van der Waals surface area contributed by atoms with E-state index >= 15 is 0 Å². The van der Waals surface area contributed by atoms with Crippen molar-refractivity contribution in [3.8, 4) is 11.5 Å². The number of ether oxygens (including phenoxy) is 3. The smallest absolute Gasteiger partial charge is 0.342 e. The Morgan fingerprint density at radius 3 is 2.70 bits per heavy atom. The Labute approximate surface area is 117 Å². The highest BCUT2D eigenvalue weighted by Crippen LogP contribution is 2.39. The van der Waals surface area contributed by atoms with Crippen LogP contribution in [0.15, 0.2) is 24.3 Å². The number of hydrogen-bond acceptors (Lipinski definition) is 4. The van der Waals surface area contributed by atoms with Gasteiger partial charge in [0.05, 0.1) is 14.2 Å². The lowest BCUT2D eigenvalue weighted by atomic mass is 9.93. The summed E-state index contributed by atoms with van der Waals surface area (Å²) in [5, 5.41) is 1.81. The molecule has 0 saturated heterocycles. The van der Waals surface area contributed by atoms with E-state index in [4.69, 9.17) is 14.2 Å². The number of cyclic esters (lactones) is 1. The molecule has 4 nitrogen and oxygen atoms in total. The summed E-state index contributed by atoms with van der Waals surface area (Å²) in [5.74, 6) is 1.02. The highest BCUT2D eigenvalue weighted by atomic mass is 16.5. The van der Waals surface area contributed by atoms with Gasteiger partial charge in [0, 0.05) is 17.2 Å². The molecule has 0 radical (unpaired) electrons. The van der Waals surface area contributed by atoms with E-state index in [1.54, 1.807) is 14.2 Å². The maximum Gasteiger partial charge on any atom is 0.342 e. The van der Waals surface area contributed by atoms with E-state index in [9.17, 15) is 4.79 Å². The fourth-order valence-electron chi connectivity index (χ4n) is 2.79. The van der Waals surface area contributed by atoms with Gasteiger partial charge in [0.25, 0.3) is 0 Å². The quantitative estimate of drug-likeness (QED) is 0.788. The number of carbonyl (C=O) groups excluding carboxylic acids is 1. The van der Waals surface area contributed by atoms with Gasteiger partial charge in [-0.2, -0.15) is 0 Å². The van der Waals surface area contributed by atoms with Crippen LogP contribution in [0, 0.1) is 0 Å². The van der Waals surface area contributed by atoms with Crippen LogP contribution < -0.4 is 9.47 Å². The standard InChI is InChI=1S/C16H16O4/c1-9-7-10-8-12-11(5-4-6-13(12)18-2)15(19-3)14(10)16(17)20-9/h4-6,8-9H,7H2,1-3H3. The first-order valence-electron chi connectivity index (χ1n) is 6.53. The van der Waals surface area contributed by atoms with E-state index in [1.807, 2.05) is 31.2 Å². The first kappa shape index (κ1) is 12.8. The molecule has 3 rings (SSSR count). The average Bonchev–Trinajstić information content (AvgIpc) is 2.44. The lowest BCUT2D eigenvalue weighted by Crippen LogP contribution is -2.25. The number of fused-ring (bicyclic) bond motifs is 2. The van der Waals surface area contributed by atoms with E-state index < -0.39 is 0 Å². The SMILES string of the molecule is COc1cccc2c(OC)c3c(cc12)CC(C)OC3=O. The molecule has 0 saturated carbocycles. The van der Waals surface area contributed by atoms with Crippen molar-refractivity contribution in [2.75, 3.05) is 14.2 Å². The summed E-state index contributed by atoms with van der Waals surface area (Å²) in [7, 11) is 3.21. The molecule has 20 heavy (non-hydrogen) atoms. The monoisotopic (exact) mass is 272 g/mol. The minimum Gasteiger partial charge on any atom is -0.496 e. The van der Waals surface area contributed by atoms with Crippen molar-refractivity contribution in [1.82, 2.24) is 0 Å². The van der Waals surface area contributed by atoms with Crippen molar-refractivity contribution in [3.05, 3.63) is 35.4 Å². The lowest BCUT2D eigenvalue weighted by molar-refractivity contribution is 0.0297. The van der Waals surface area contributed by atoms with Crippen LogP contribution in [0.1, 0.15) is 22.8 Å². The van der Waals surface area contributed by atoms with Crippen LogP contribution in [0.25, 0.3) is 10.8 Å². The predicted octanol–water partition coefficient (Wildman–Crippen LogP) is 2.96. The number of hydrogen-bond donors (Lipinski definition) is 0. The molecule has 1 aliphatic rings. The van der Waals surface area contributed by atoms with Gasteiger partial charge in [-0.1, -0.05) is 12.1 Å². The molecular weight excluding hydrogens is 256 g/mol. The van der Waals surface area contributed by atoms with Gasteiger partial charge >= 0.3 is 5.97 Å². The van der Waals surface area contributed by atoms with Crippen molar-refractivity contribution in [2.45, 2.75) is 19.4 Å². The second-order valence-corrected chi connectivity index (χ2v) is 4.92. The molecule has 1 heterocycles. The molecule has 2 aromatic rings. The van der Waals surface area contributed by atoms with Crippen molar-refractivity contribution in [1.29, 1.82) is 0 Å². The van der Waals surface area contributed by atoms with Crippen molar-refractivity contribution in [2.24, 2.45) is 0 Å². The van der Waals surface area contributed by atoms with Gasteiger partial charge in [0.1, 0.15) is 23.2 Å². The summed E-state index contributed by atoms with van der Waals surface area (Å²) in [6, 6.07) is 7.71. The highest BCUT2D eigenvalue weighted by molar-refractivity contribution is 6.05. The van der Waals surface area contributed by atoms with Crippen LogP contribution >= 0.6 is 0 Å². The minimum atomic E-state index is -0.319. The molecule has 0 amide bonds. The van der Waals surface area contributed by atoms with E-state index in [0.717, 1.165) is 22.1 Å². The summed E-state index contributed by atoms with van der Waals surface area (Å²) >= 11 is 0. The second-order valence-electron chi connectivity index (χ2n) is 4.92. The molecule has 0 N–H and O–H groups in total. The van der Waals surface area contributed by atoms with Crippen molar-refractivity contribution < 1.29 is 19.0 Å². The Hall–Kier alpha value is -2.23. The predicted molar refractivity (Wildman–Crippen MR) is 75.6 cm³/mol. The Morgan fingerprint density at radius 2 is 2.00 bits per heavy atom. The zero-order chi connectivity index (χ0) is 14.3. The molecule has 1 atom stereocenters. The van der Waals surface area contributed by atoms with Gasteiger partial charge < -0.3 is 14.2 Å². The summed E-state index contributed by atoms with van der Waals surface area (Å²) < 4.78 is 16.2.